The largest absolute Gasteiger partial charge is 0.497 e. The number of anilines is 1. The Hall–Kier alpha value is -3.80. The third-order valence-corrected chi connectivity index (χ3v) is 4.72. The number of benzene rings is 2. The van der Waals surface area contributed by atoms with Crippen LogP contribution in [0.2, 0.25) is 0 Å². The Bertz CT molecular complexity index is 1200. The second-order valence-corrected chi connectivity index (χ2v) is 6.90. The number of ether oxygens (including phenoxy) is 2. The van der Waals surface area contributed by atoms with Crippen LogP contribution in [-0.2, 0) is 6.42 Å². The lowest BCUT2D eigenvalue weighted by molar-refractivity contribution is 0.102. The van der Waals surface area contributed by atoms with E-state index in [1.165, 1.54) is 0 Å². The number of carbonyl (C=O) groups excluding carboxylic acids is 1. The second-order valence-electron chi connectivity index (χ2n) is 6.90. The first-order chi connectivity index (χ1) is 14.6. The zero-order chi connectivity index (χ0) is 21.1. The van der Waals surface area contributed by atoms with Crippen molar-refractivity contribution in [3.8, 4) is 17.2 Å². The van der Waals surface area contributed by atoms with Gasteiger partial charge in [-0.05, 0) is 43.3 Å². The van der Waals surface area contributed by atoms with Crippen LogP contribution in [0.4, 0.5) is 5.82 Å². The SMILES string of the molecule is CCc1cc2c(Oc3ccc(C)cc3)cc(C(=O)Nc3cc(OC)ccn3)cc2o1. The smallest absolute Gasteiger partial charge is 0.257 e. The number of furan rings is 1. The summed E-state index contributed by atoms with van der Waals surface area (Å²) in [6, 6.07) is 16.5. The van der Waals surface area contributed by atoms with Crippen molar-refractivity contribution in [3.63, 3.8) is 0 Å². The number of pyridine rings is 1. The molecule has 30 heavy (non-hydrogen) atoms. The summed E-state index contributed by atoms with van der Waals surface area (Å²) in [5.41, 5.74) is 2.15. The molecule has 0 aliphatic rings. The van der Waals surface area contributed by atoms with Crippen LogP contribution in [0, 0.1) is 6.92 Å². The van der Waals surface area contributed by atoms with Gasteiger partial charge in [0.2, 0.25) is 0 Å². The first-order valence-corrected chi connectivity index (χ1v) is 9.68. The van der Waals surface area contributed by atoms with Crippen molar-refractivity contribution in [2.45, 2.75) is 20.3 Å². The predicted molar refractivity (Wildman–Crippen MR) is 116 cm³/mol. The number of hydrogen-bond acceptors (Lipinski definition) is 5. The Labute approximate surface area is 174 Å². The standard InChI is InChI=1S/C24H22N2O4/c1-4-17-13-20-21(29-17)11-16(12-22(20)30-18-7-5-15(2)6-8-18)24(27)26-23-14-19(28-3)9-10-25-23/h5-14H,4H2,1-3H3,(H,25,26,27). The number of aryl methyl sites for hydroxylation is 2. The van der Waals surface area contributed by atoms with E-state index >= 15 is 0 Å². The summed E-state index contributed by atoms with van der Waals surface area (Å²) in [5, 5.41) is 3.61. The number of fused-ring (bicyclic) bond motifs is 1. The maximum absolute atomic E-state index is 12.9. The first kappa shape index (κ1) is 19.5. The minimum atomic E-state index is -0.319. The van der Waals surface area contributed by atoms with E-state index in [4.69, 9.17) is 13.9 Å². The summed E-state index contributed by atoms with van der Waals surface area (Å²) in [5.74, 6) is 2.76. The van der Waals surface area contributed by atoms with Crippen LogP contribution >= 0.6 is 0 Å². The van der Waals surface area contributed by atoms with Gasteiger partial charge in [0.05, 0.1) is 12.5 Å². The summed E-state index contributed by atoms with van der Waals surface area (Å²) in [4.78, 5) is 17.1. The van der Waals surface area contributed by atoms with E-state index in [1.54, 1.807) is 37.6 Å². The molecule has 0 atom stereocenters. The molecule has 4 rings (SSSR count). The fourth-order valence-electron chi connectivity index (χ4n) is 3.08. The molecule has 1 N–H and O–H groups in total. The Morgan fingerprint density at radius 3 is 2.60 bits per heavy atom. The van der Waals surface area contributed by atoms with Gasteiger partial charge >= 0.3 is 0 Å². The van der Waals surface area contributed by atoms with E-state index in [1.807, 2.05) is 44.2 Å². The summed E-state index contributed by atoms with van der Waals surface area (Å²) in [6.07, 6.45) is 2.32. The molecule has 152 valence electrons. The predicted octanol–water partition coefficient (Wildman–Crippen LogP) is 5.75. The van der Waals surface area contributed by atoms with Gasteiger partial charge in [-0.2, -0.15) is 0 Å². The minimum Gasteiger partial charge on any atom is -0.497 e. The number of rotatable bonds is 6. The van der Waals surface area contributed by atoms with E-state index in [-0.39, 0.29) is 5.91 Å². The van der Waals surface area contributed by atoms with Crippen molar-refractivity contribution in [2.75, 3.05) is 12.4 Å². The number of amides is 1. The second kappa shape index (κ2) is 8.29. The lowest BCUT2D eigenvalue weighted by atomic mass is 10.1. The summed E-state index contributed by atoms with van der Waals surface area (Å²) in [7, 11) is 1.56. The van der Waals surface area contributed by atoms with Crippen LogP contribution in [0.25, 0.3) is 11.0 Å². The van der Waals surface area contributed by atoms with E-state index < -0.39 is 0 Å². The zero-order valence-electron chi connectivity index (χ0n) is 17.1. The Kier molecular flexibility index (Phi) is 5.39. The van der Waals surface area contributed by atoms with Gasteiger partial charge in [0.15, 0.2) is 0 Å². The average Bonchev–Trinajstić information content (AvgIpc) is 3.19. The third-order valence-electron chi connectivity index (χ3n) is 4.72. The molecule has 0 aliphatic carbocycles. The molecule has 4 aromatic rings. The lowest BCUT2D eigenvalue weighted by Gasteiger charge is -2.10. The van der Waals surface area contributed by atoms with Crippen molar-refractivity contribution >= 4 is 22.7 Å². The zero-order valence-corrected chi connectivity index (χ0v) is 17.1. The topological polar surface area (TPSA) is 73.6 Å². The number of hydrogen-bond donors (Lipinski definition) is 1. The Morgan fingerprint density at radius 2 is 1.87 bits per heavy atom. The molecule has 1 amide bonds. The highest BCUT2D eigenvalue weighted by Gasteiger charge is 2.16. The quantitative estimate of drug-likeness (QED) is 0.444. The van der Waals surface area contributed by atoms with Gasteiger partial charge < -0.3 is 19.2 Å². The van der Waals surface area contributed by atoms with Crippen LogP contribution in [0.15, 0.2) is 65.2 Å². The highest BCUT2D eigenvalue weighted by molar-refractivity contribution is 6.06. The van der Waals surface area contributed by atoms with Crippen LogP contribution in [0.3, 0.4) is 0 Å². The van der Waals surface area contributed by atoms with E-state index in [0.717, 1.165) is 23.1 Å². The van der Waals surface area contributed by atoms with Crippen molar-refractivity contribution in [1.82, 2.24) is 4.98 Å². The van der Waals surface area contributed by atoms with Gasteiger partial charge in [0.1, 0.15) is 34.4 Å². The van der Waals surface area contributed by atoms with Crippen LogP contribution < -0.4 is 14.8 Å². The molecular formula is C24H22N2O4. The van der Waals surface area contributed by atoms with Gasteiger partial charge in [-0.3, -0.25) is 4.79 Å². The summed E-state index contributed by atoms with van der Waals surface area (Å²) >= 11 is 0. The van der Waals surface area contributed by atoms with Crippen LogP contribution in [-0.4, -0.2) is 18.0 Å². The maximum atomic E-state index is 12.9. The molecular weight excluding hydrogens is 380 g/mol. The average molecular weight is 402 g/mol. The highest BCUT2D eigenvalue weighted by atomic mass is 16.5. The Morgan fingerprint density at radius 1 is 1.07 bits per heavy atom. The van der Waals surface area contributed by atoms with E-state index in [9.17, 15) is 4.79 Å². The third kappa shape index (κ3) is 4.12. The molecule has 2 heterocycles. The minimum absolute atomic E-state index is 0.319. The van der Waals surface area contributed by atoms with Gasteiger partial charge in [-0.25, -0.2) is 4.98 Å². The van der Waals surface area contributed by atoms with Gasteiger partial charge in [0, 0.05) is 24.2 Å². The van der Waals surface area contributed by atoms with Crippen molar-refractivity contribution < 1.29 is 18.7 Å². The molecule has 6 nitrogen and oxygen atoms in total. The molecule has 0 saturated heterocycles. The van der Waals surface area contributed by atoms with E-state index in [2.05, 4.69) is 10.3 Å². The normalized spacial score (nSPS) is 10.8. The molecule has 0 unspecified atom stereocenters. The van der Waals surface area contributed by atoms with Crippen LogP contribution in [0.1, 0.15) is 28.6 Å². The summed E-state index contributed by atoms with van der Waals surface area (Å²) in [6.45, 7) is 4.03. The Balaban J connectivity index is 1.70. The molecule has 0 saturated carbocycles. The number of methoxy groups -OCH3 is 1. The van der Waals surface area contributed by atoms with Crippen molar-refractivity contribution in [3.05, 3.63) is 77.7 Å². The molecule has 0 spiro atoms. The number of nitrogens with zero attached hydrogens (tertiary/aromatic N) is 1. The van der Waals surface area contributed by atoms with Gasteiger partial charge in [-0.15, -0.1) is 0 Å². The number of carbonyl (C=O) groups is 1. The number of aromatic nitrogens is 1. The monoisotopic (exact) mass is 402 g/mol. The van der Waals surface area contributed by atoms with E-state index in [0.29, 0.717) is 34.2 Å². The van der Waals surface area contributed by atoms with Crippen LogP contribution in [0.5, 0.6) is 17.2 Å². The van der Waals surface area contributed by atoms with Gasteiger partial charge in [-0.1, -0.05) is 24.6 Å². The van der Waals surface area contributed by atoms with Crippen molar-refractivity contribution in [1.29, 1.82) is 0 Å². The fraction of sp³-hybridized carbons (Fsp3) is 0.167. The molecule has 6 heteroatoms. The summed E-state index contributed by atoms with van der Waals surface area (Å²) < 4.78 is 17.2. The maximum Gasteiger partial charge on any atom is 0.257 e. The number of nitrogens with one attached hydrogen (secondary N) is 1. The lowest BCUT2D eigenvalue weighted by Crippen LogP contribution is -2.13. The molecule has 0 fully saturated rings. The highest BCUT2D eigenvalue weighted by Crippen LogP contribution is 2.34. The van der Waals surface area contributed by atoms with Gasteiger partial charge in [0.25, 0.3) is 5.91 Å². The molecule has 2 aromatic heterocycles. The molecule has 0 aliphatic heterocycles. The molecule has 2 aromatic carbocycles. The van der Waals surface area contributed by atoms with Crippen molar-refractivity contribution in [2.24, 2.45) is 0 Å². The molecule has 0 bridgehead atoms. The molecule has 0 radical (unpaired) electrons. The fourth-order valence-corrected chi connectivity index (χ4v) is 3.08. The first-order valence-electron chi connectivity index (χ1n) is 9.68.